The molecule has 2 heterocycles. The number of rotatable bonds is 9. The van der Waals surface area contributed by atoms with Gasteiger partial charge in [0.05, 0.1) is 23.8 Å². The quantitative estimate of drug-likeness (QED) is 0.181. The van der Waals surface area contributed by atoms with Crippen molar-refractivity contribution in [3.05, 3.63) is 89.7 Å². The molecule has 8 heteroatoms. The van der Waals surface area contributed by atoms with E-state index in [9.17, 15) is 9.59 Å². The van der Waals surface area contributed by atoms with Gasteiger partial charge in [0.25, 0.3) is 5.56 Å². The Labute approximate surface area is 205 Å². The summed E-state index contributed by atoms with van der Waals surface area (Å²) in [5, 5.41) is 9.48. The maximum absolute atomic E-state index is 13.3. The Kier molecular flexibility index (Phi) is 7.58. The number of carbonyl (C=O) groups is 1. The number of nitriles is 1. The van der Waals surface area contributed by atoms with E-state index < -0.39 is 0 Å². The molecule has 0 aliphatic rings. The summed E-state index contributed by atoms with van der Waals surface area (Å²) in [6.45, 7) is 4.37. The van der Waals surface area contributed by atoms with Crippen LogP contribution in [0.3, 0.4) is 0 Å². The second kappa shape index (κ2) is 11.0. The average Bonchev–Trinajstić information content (AvgIpc) is 3.31. The van der Waals surface area contributed by atoms with Crippen LogP contribution in [-0.4, -0.2) is 27.8 Å². The minimum atomic E-state index is -0.152. The molecule has 0 N–H and O–H groups in total. The van der Waals surface area contributed by atoms with E-state index in [1.165, 1.54) is 23.1 Å². The Morgan fingerprint density at radius 3 is 2.56 bits per heavy atom. The topological polar surface area (TPSA) is 79.0 Å². The summed E-state index contributed by atoms with van der Waals surface area (Å²) in [6.07, 6.45) is 1.88. The number of nitrogens with zero attached hydrogens (tertiary/aromatic N) is 4. The number of aromatic nitrogens is 2. The SMILES string of the molecule is C=CCn1c(SCC(=O)N(CCC#N)c2ccccc2)nc2cc(-c3ccccc3)sc2c1=O. The van der Waals surface area contributed by atoms with Crippen LogP contribution in [0.4, 0.5) is 5.69 Å². The van der Waals surface area contributed by atoms with E-state index in [0.717, 1.165) is 16.1 Å². The first-order valence-corrected chi connectivity index (χ1v) is 12.5. The van der Waals surface area contributed by atoms with Gasteiger partial charge >= 0.3 is 0 Å². The standard InChI is InChI=1S/C26H22N4O2S2/c1-2-15-30-25(32)24-21(17-22(34-24)19-10-5-3-6-11-19)28-26(30)33-18-23(31)29(16-9-14-27)20-12-7-4-8-13-20/h2-8,10-13,17H,1,9,15-16,18H2. The van der Waals surface area contributed by atoms with Crippen LogP contribution < -0.4 is 10.5 Å². The highest BCUT2D eigenvalue weighted by Crippen LogP contribution is 2.32. The molecule has 0 radical (unpaired) electrons. The minimum Gasteiger partial charge on any atom is -0.311 e. The molecule has 6 nitrogen and oxygen atoms in total. The number of carbonyl (C=O) groups excluding carboxylic acids is 1. The second-order valence-corrected chi connectivity index (χ2v) is 9.36. The smallest absolute Gasteiger partial charge is 0.272 e. The third-order valence-corrected chi connectivity index (χ3v) is 7.23. The third kappa shape index (κ3) is 5.11. The summed E-state index contributed by atoms with van der Waals surface area (Å²) in [5.41, 5.74) is 2.24. The predicted molar refractivity (Wildman–Crippen MR) is 139 cm³/mol. The zero-order chi connectivity index (χ0) is 23.9. The number of benzene rings is 2. The fraction of sp³-hybridized carbons (Fsp3) is 0.154. The highest BCUT2D eigenvalue weighted by atomic mass is 32.2. The number of amides is 1. The Morgan fingerprint density at radius 2 is 1.88 bits per heavy atom. The Balaban J connectivity index is 1.64. The molecule has 0 fully saturated rings. The van der Waals surface area contributed by atoms with Crippen LogP contribution in [0.2, 0.25) is 0 Å². The van der Waals surface area contributed by atoms with Gasteiger partial charge in [0.1, 0.15) is 4.70 Å². The van der Waals surface area contributed by atoms with E-state index in [0.29, 0.717) is 28.5 Å². The van der Waals surface area contributed by atoms with Crippen molar-refractivity contribution in [1.29, 1.82) is 5.26 Å². The molecule has 34 heavy (non-hydrogen) atoms. The molecule has 0 spiro atoms. The molecule has 0 unspecified atom stereocenters. The van der Waals surface area contributed by atoms with E-state index >= 15 is 0 Å². The van der Waals surface area contributed by atoms with Crippen molar-refractivity contribution in [2.75, 3.05) is 17.2 Å². The molecule has 0 aliphatic carbocycles. The van der Waals surface area contributed by atoms with Gasteiger partial charge < -0.3 is 4.90 Å². The molecule has 1 amide bonds. The number of hydrogen-bond donors (Lipinski definition) is 0. The zero-order valence-electron chi connectivity index (χ0n) is 18.4. The number of hydrogen-bond acceptors (Lipinski definition) is 6. The molecule has 2 aromatic heterocycles. The van der Waals surface area contributed by atoms with E-state index in [4.69, 9.17) is 10.2 Å². The van der Waals surface area contributed by atoms with Crippen LogP contribution in [0.15, 0.2) is 89.3 Å². The van der Waals surface area contributed by atoms with Gasteiger partial charge in [-0.1, -0.05) is 66.4 Å². The lowest BCUT2D eigenvalue weighted by Crippen LogP contribution is -2.33. The van der Waals surface area contributed by atoms with Gasteiger partial charge in [0.2, 0.25) is 5.91 Å². The number of thiophene rings is 1. The van der Waals surface area contributed by atoms with Crippen molar-refractivity contribution in [3.8, 4) is 16.5 Å². The number of fused-ring (bicyclic) bond motifs is 1. The molecule has 0 atom stereocenters. The highest BCUT2D eigenvalue weighted by molar-refractivity contribution is 7.99. The van der Waals surface area contributed by atoms with Crippen molar-refractivity contribution in [3.63, 3.8) is 0 Å². The van der Waals surface area contributed by atoms with Gasteiger partial charge in [-0.05, 0) is 23.8 Å². The number of allylic oxidation sites excluding steroid dienone is 1. The van der Waals surface area contributed by atoms with Gasteiger partial charge in [-0.3, -0.25) is 14.2 Å². The van der Waals surface area contributed by atoms with E-state index in [2.05, 4.69) is 12.6 Å². The monoisotopic (exact) mass is 486 g/mol. The summed E-state index contributed by atoms with van der Waals surface area (Å²) in [7, 11) is 0. The third-order valence-electron chi connectivity index (χ3n) is 5.11. The number of anilines is 1. The summed E-state index contributed by atoms with van der Waals surface area (Å²) < 4.78 is 2.14. The van der Waals surface area contributed by atoms with Crippen molar-refractivity contribution in [1.82, 2.24) is 9.55 Å². The fourth-order valence-electron chi connectivity index (χ4n) is 3.51. The fourth-order valence-corrected chi connectivity index (χ4v) is 5.44. The van der Waals surface area contributed by atoms with Crippen LogP contribution in [0.5, 0.6) is 0 Å². The lowest BCUT2D eigenvalue weighted by atomic mass is 10.2. The molecule has 2 aromatic carbocycles. The number of thioether (sulfide) groups is 1. The van der Waals surface area contributed by atoms with E-state index in [-0.39, 0.29) is 23.6 Å². The molecule has 0 bridgehead atoms. The van der Waals surface area contributed by atoms with E-state index in [1.807, 2.05) is 66.7 Å². The summed E-state index contributed by atoms with van der Waals surface area (Å²) in [4.78, 5) is 33.7. The zero-order valence-corrected chi connectivity index (χ0v) is 20.0. The molecule has 170 valence electrons. The van der Waals surface area contributed by atoms with Gasteiger partial charge in [-0.2, -0.15) is 5.26 Å². The number of para-hydroxylation sites is 1. The minimum absolute atomic E-state index is 0.0884. The van der Waals surface area contributed by atoms with Crippen molar-refractivity contribution < 1.29 is 4.79 Å². The second-order valence-electron chi connectivity index (χ2n) is 7.37. The maximum atomic E-state index is 13.3. The Bertz CT molecular complexity index is 1410. The summed E-state index contributed by atoms with van der Waals surface area (Å²) in [5.74, 6) is -0.0632. The van der Waals surface area contributed by atoms with Crippen LogP contribution in [0, 0.1) is 11.3 Å². The lowest BCUT2D eigenvalue weighted by Gasteiger charge is -2.21. The molecule has 4 aromatic rings. The summed E-state index contributed by atoms with van der Waals surface area (Å²) >= 11 is 2.64. The van der Waals surface area contributed by atoms with Gasteiger partial charge in [-0.15, -0.1) is 17.9 Å². The Hall–Kier alpha value is -3.67. The first-order chi connectivity index (χ1) is 16.6. The van der Waals surface area contributed by atoms with Crippen molar-refractivity contribution in [2.45, 2.75) is 18.1 Å². The largest absolute Gasteiger partial charge is 0.311 e. The highest BCUT2D eigenvalue weighted by Gasteiger charge is 2.19. The average molecular weight is 487 g/mol. The molecule has 0 saturated carbocycles. The van der Waals surface area contributed by atoms with E-state index in [1.54, 1.807) is 15.5 Å². The van der Waals surface area contributed by atoms with Crippen LogP contribution in [0.1, 0.15) is 6.42 Å². The van der Waals surface area contributed by atoms with Crippen LogP contribution >= 0.6 is 23.1 Å². The predicted octanol–water partition coefficient (Wildman–Crippen LogP) is 5.35. The Morgan fingerprint density at radius 1 is 1.18 bits per heavy atom. The molecule has 0 saturated heterocycles. The lowest BCUT2D eigenvalue weighted by molar-refractivity contribution is -0.116. The van der Waals surface area contributed by atoms with Crippen LogP contribution in [0.25, 0.3) is 20.7 Å². The van der Waals surface area contributed by atoms with Gasteiger partial charge in [-0.25, -0.2) is 4.98 Å². The molecule has 0 aliphatic heterocycles. The van der Waals surface area contributed by atoms with Gasteiger partial charge in [0, 0.05) is 23.7 Å². The van der Waals surface area contributed by atoms with Crippen molar-refractivity contribution >= 4 is 44.9 Å². The summed E-state index contributed by atoms with van der Waals surface area (Å²) in [6, 6.07) is 23.2. The maximum Gasteiger partial charge on any atom is 0.272 e. The van der Waals surface area contributed by atoms with Gasteiger partial charge in [0.15, 0.2) is 5.16 Å². The molecular formula is C26H22N4O2S2. The first-order valence-electron chi connectivity index (χ1n) is 10.7. The molecule has 4 rings (SSSR count). The normalized spacial score (nSPS) is 10.7. The van der Waals surface area contributed by atoms with Crippen LogP contribution in [-0.2, 0) is 11.3 Å². The molecular weight excluding hydrogens is 464 g/mol. The van der Waals surface area contributed by atoms with Crippen molar-refractivity contribution in [2.24, 2.45) is 0 Å². The first kappa shape index (κ1) is 23.5.